The smallest absolute Gasteiger partial charge is 0.485 e. The van der Waals surface area contributed by atoms with Gasteiger partial charge in [-0.1, -0.05) is 30.3 Å². The van der Waals surface area contributed by atoms with E-state index in [9.17, 15) is 18.0 Å². The number of benzene rings is 1. The second kappa shape index (κ2) is 7.98. The fraction of sp³-hybridized carbons (Fsp3) is 0.462. The minimum absolute atomic E-state index is 0.329. The Bertz CT molecular complexity index is 579. The molecule has 0 saturated carbocycles. The Hall–Kier alpha value is -1.06. The molecule has 1 aliphatic heterocycles. The highest BCUT2D eigenvalue weighted by Gasteiger charge is 2.36. The van der Waals surface area contributed by atoms with E-state index >= 15 is 0 Å². The molecule has 0 bridgehead atoms. The first-order valence-electron chi connectivity index (χ1n) is 6.36. The van der Waals surface area contributed by atoms with E-state index in [4.69, 9.17) is 13.0 Å². The lowest BCUT2D eigenvalue weighted by atomic mass is 10.2. The molecule has 0 N–H and O–H groups in total. The maximum absolute atomic E-state index is 11.8. The van der Waals surface area contributed by atoms with Gasteiger partial charge in [-0.05, 0) is 23.7 Å². The Balaban J connectivity index is 0.000000261. The van der Waals surface area contributed by atoms with Crippen molar-refractivity contribution in [1.29, 1.82) is 0 Å². The SMILES string of the molecule is O=C(C[S+]1CCCC1)c1ccccc1.O=S(=O)([O-])C(F)(F)F. The lowest BCUT2D eigenvalue weighted by Crippen LogP contribution is -2.21. The minimum atomic E-state index is -6.09. The molecule has 1 saturated heterocycles. The molecule has 0 unspecified atom stereocenters. The predicted octanol–water partition coefficient (Wildman–Crippen LogP) is 2.33. The molecule has 1 heterocycles. The highest BCUT2D eigenvalue weighted by molar-refractivity contribution is 7.97. The highest BCUT2D eigenvalue weighted by atomic mass is 32.2. The first-order valence-corrected chi connectivity index (χ1v) is 9.50. The van der Waals surface area contributed by atoms with Crippen molar-refractivity contribution in [2.24, 2.45) is 0 Å². The van der Waals surface area contributed by atoms with Gasteiger partial charge in [0.05, 0.1) is 0 Å². The molecule has 0 aromatic heterocycles. The number of alkyl halides is 3. The molecule has 0 aliphatic carbocycles. The van der Waals surface area contributed by atoms with Gasteiger partial charge in [0, 0.05) is 5.56 Å². The second-order valence-corrected chi connectivity index (χ2v) is 8.26. The summed E-state index contributed by atoms with van der Waals surface area (Å²) >= 11 is 0. The van der Waals surface area contributed by atoms with E-state index in [1.165, 1.54) is 24.3 Å². The van der Waals surface area contributed by atoms with Crippen LogP contribution in [-0.4, -0.2) is 41.5 Å². The summed E-state index contributed by atoms with van der Waals surface area (Å²) in [5.74, 6) is 3.66. The van der Waals surface area contributed by atoms with Gasteiger partial charge in [-0.15, -0.1) is 0 Å². The van der Waals surface area contributed by atoms with Crippen LogP contribution >= 0.6 is 0 Å². The number of hydrogen-bond acceptors (Lipinski definition) is 4. The zero-order valence-corrected chi connectivity index (χ0v) is 13.1. The molecule has 0 atom stereocenters. The van der Waals surface area contributed by atoms with Crippen LogP contribution in [0.5, 0.6) is 0 Å². The maximum Gasteiger partial charge on any atom is 0.485 e. The third-order valence-corrected chi connectivity index (χ3v) is 5.80. The van der Waals surface area contributed by atoms with Crippen molar-refractivity contribution in [2.45, 2.75) is 18.3 Å². The van der Waals surface area contributed by atoms with Crippen LogP contribution in [0.1, 0.15) is 23.2 Å². The van der Waals surface area contributed by atoms with Crippen molar-refractivity contribution in [2.75, 3.05) is 17.3 Å². The van der Waals surface area contributed by atoms with Crippen LogP contribution in [0.15, 0.2) is 30.3 Å². The van der Waals surface area contributed by atoms with Gasteiger partial charge in [-0.3, -0.25) is 4.79 Å². The summed E-state index contributed by atoms with van der Waals surface area (Å²) in [6.45, 7) is 0. The first kappa shape index (κ1) is 19.0. The molecule has 22 heavy (non-hydrogen) atoms. The molecule has 2 rings (SSSR count). The number of halogens is 3. The van der Waals surface area contributed by atoms with Gasteiger partial charge >= 0.3 is 5.51 Å². The molecule has 124 valence electrons. The van der Waals surface area contributed by atoms with Gasteiger partial charge < -0.3 is 4.55 Å². The molecule has 1 aromatic carbocycles. The lowest BCUT2D eigenvalue weighted by molar-refractivity contribution is -0.0517. The topological polar surface area (TPSA) is 74.3 Å². The average Bonchev–Trinajstić information content (AvgIpc) is 2.91. The zero-order chi connectivity index (χ0) is 16.8. The molecule has 1 aliphatic rings. The Morgan fingerprint density at radius 1 is 1.14 bits per heavy atom. The lowest BCUT2D eigenvalue weighted by Gasteiger charge is -2.08. The van der Waals surface area contributed by atoms with E-state index in [-0.39, 0.29) is 0 Å². The molecular weight excluding hydrogens is 341 g/mol. The van der Waals surface area contributed by atoms with Crippen molar-refractivity contribution in [3.63, 3.8) is 0 Å². The quantitative estimate of drug-likeness (QED) is 0.361. The van der Waals surface area contributed by atoms with Crippen molar-refractivity contribution >= 4 is 26.8 Å². The van der Waals surface area contributed by atoms with Crippen LogP contribution < -0.4 is 0 Å². The van der Waals surface area contributed by atoms with Gasteiger partial charge in [0.25, 0.3) is 0 Å². The molecule has 0 radical (unpaired) electrons. The van der Waals surface area contributed by atoms with Crippen molar-refractivity contribution < 1.29 is 30.9 Å². The van der Waals surface area contributed by atoms with Crippen LogP contribution in [0.4, 0.5) is 13.2 Å². The monoisotopic (exact) mass is 356 g/mol. The van der Waals surface area contributed by atoms with E-state index in [0.29, 0.717) is 16.7 Å². The van der Waals surface area contributed by atoms with Crippen LogP contribution in [-0.2, 0) is 21.0 Å². The van der Waals surface area contributed by atoms with E-state index in [1.54, 1.807) is 0 Å². The highest BCUT2D eigenvalue weighted by Crippen LogP contribution is 2.20. The van der Waals surface area contributed by atoms with Gasteiger partial charge in [-0.25, -0.2) is 8.42 Å². The van der Waals surface area contributed by atoms with Gasteiger partial charge in [0.2, 0.25) is 5.78 Å². The first-order chi connectivity index (χ1) is 10.1. The summed E-state index contributed by atoms with van der Waals surface area (Å²) in [4.78, 5) is 11.8. The summed E-state index contributed by atoms with van der Waals surface area (Å²) in [7, 11) is -5.70. The molecule has 1 fully saturated rings. The molecular formula is C13H15F3O4S2. The number of hydrogen-bond donors (Lipinski definition) is 0. The molecule has 4 nitrogen and oxygen atoms in total. The normalized spacial score (nSPS) is 16.0. The Morgan fingerprint density at radius 2 is 1.59 bits per heavy atom. The number of rotatable bonds is 3. The number of carbonyl (C=O) groups excluding carboxylic acids is 1. The standard InChI is InChI=1S/C12H15OS.CHF3O3S/c13-12(10-14-8-4-5-9-14)11-6-2-1-3-7-11;2-1(3,4)8(5,6)7/h1-3,6-7H,4-5,8-10H2;(H,5,6,7)/q+1;/p-1. The van der Waals surface area contributed by atoms with E-state index in [0.717, 1.165) is 11.3 Å². The van der Waals surface area contributed by atoms with Crippen molar-refractivity contribution in [3.8, 4) is 0 Å². The largest absolute Gasteiger partial charge is 0.741 e. The van der Waals surface area contributed by atoms with Gasteiger partial charge in [-0.2, -0.15) is 13.2 Å². The van der Waals surface area contributed by atoms with Crippen LogP contribution in [0.25, 0.3) is 0 Å². The molecule has 1 aromatic rings. The van der Waals surface area contributed by atoms with Crippen LogP contribution in [0.3, 0.4) is 0 Å². The fourth-order valence-electron chi connectivity index (χ4n) is 1.75. The van der Waals surface area contributed by atoms with E-state index in [2.05, 4.69) is 0 Å². The number of carbonyl (C=O) groups is 1. The number of ketones is 1. The third kappa shape index (κ3) is 6.37. The molecule has 0 amide bonds. The Kier molecular flexibility index (Phi) is 6.89. The summed E-state index contributed by atoms with van der Waals surface area (Å²) < 4.78 is 58.9. The summed E-state index contributed by atoms with van der Waals surface area (Å²) in [6.07, 6.45) is 2.65. The Labute approximate surface area is 129 Å². The van der Waals surface area contributed by atoms with E-state index in [1.807, 2.05) is 30.3 Å². The van der Waals surface area contributed by atoms with Crippen molar-refractivity contribution in [1.82, 2.24) is 0 Å². The second-order valence-electron chi connectivity index (χ2n) is 4.56. The average molecular weight is 356 g/mol. The summed E-state index contributed by atoms with van der Waals surface area (Å²) in [5, 5.41) is 0. The molecule has 9 heteroatoms. The minimum Gasteiger partial charge on any atom is -0.741 e. The Morgan fingerprint density at radius 3 is 2.00 bits per heavy atom. The zero-order valence-electron chi connectivity index (χ0n) is 11.5. The summed E-state index contributed by atoms with van der Waals surface area (Å²) in [5.41, 5.74) is -4.76. The summed E-state index contributed by atoms with van der Waals surface area (Å²) in [6, 6.07) is 9.66. The van der Waals surface area contributed by atoms with Crippen LogP contribution in [0, 0.1) is 0 Å². The maximum atomic E-state index is 11.8. The predicted molar refractivity (Wildman–Crippen MR) is 77.7 cm³/mol. The van der Waals surface area contributed by atoms with Gasteiger partial charge in [0.15, 0.2) is 15.9 Å². The third-order valence-electron chi connectivity index (χ3n) is 2.83. The van der Waals surface area contributed by atoms with Crippen molar-refractivity contribution in [3.05, 3.63) is 35.9 Å². The number of Topliss-reactive ketones (excluding diaryl/α,β-unsaturated/α-hetero) is 1. The van der Waals surface area contributed by atoms with Crippen LogP contribution in [0.2, 0.25) is 0 Å². The van der Waals surface area contributed by atoms with E-state index < -0.39 is 15.6 Å². The fourth-order valence-corrected chi connectivity index (χ4v) is 4.01. The molecule has 0 spiro atoms. The van der Waals surface area contributed by atoms with Gasteiger partial charge in [0.1, 0.15) is 11.5 Å².